The Kier molecular flexibility index (Phi) is 7.67. The van der Waals surface area contributed by atoms with Crippen molar-refractivity contribution in [1.29, 1.82) is 0 Å². The largest absolute Gasteiger partial charge is 0.488 e. The van der Waals surface area contributed by atoms with Gasteiger partial charge in [0, 0.05) is 28.8 Å². The summed E-state index contributed by atoms with van der Waals surface area (Å²) in [6, 6.07) is 25.7. The Morgan fingerprint density at radius 1 is 0.889 bits per heavy atom. The molecule has 2 N–H and O–H groups in total. The van der Waals surface area contributed by atoms with E-state index in [-0.39, 0.29) is 0 Å². The van der Waals surface area contributed by atoms with Gasteiger partial charge < -0.3 is 15.0 Å². The van der Waals surface area contributed by atoms with E-state index in [0.29, 0.717) is 24.5 Å². The molecule has 0 bridgehead atoms. The van der Waals surface area contributed by atoms with Gasteiger partial charge in [0.1, 0.15) is 12.4 Å². The fraction of sp³-hybridized carbons (Fsp3) is 0.185. The molecule has 0 amide bonds. The van der Waals surface area contributed by atoms with Crippen LogP contribution in [-0.2, 0) is 6.61 Å². The highest BCUT2D eigenvalue weighted by Gasteiger charge is 2.17. The number of rotatable bonds is 9. The van der Waals surface area contributed by atoms with E-state index in [2.05, 4.69) is 51.6 Å². The van der Waals surface area contributed by atoms with E-state index in [1.807, 2.05) is 78.9 Å². The summed E-state index contributed by atoms with van der Waals surface area (Å²) in [7, 11) is 0. The van der Waals surface area contributed by atoms with Crippen LogP contribution in [0.4, 0.5) is 23.5 Å². The number of para-hydroxylation sites is 1. The van der Waals surface area contributed by atoms with Gasteiger partial charge in [-0.15, -0.1) is 0 Å². The van der Waals surface area contributed by atoms with Crippen LogP contribution in [0.5, 0.6) is 5.75 Å². The summed E-state index contributed by atoms with van der Waals surface area (Å²) in [5, 5.41) is 7.67. The Hall–Kier alpha value is -3.98. The third-order valence-electron chi connectivity index (χ3n) is 5.62. The molecule has 1 saturated heterocycles. The van der Waals surface area contributed by atoms with Crippen molar-refractivity contribution in [2.75, 3.05) is 28.7 Å². The Bertz CT molecular complexity index is 1310. The molecule has 0 radical (unpaired) electrons. The van der Waals surface area contributed by atoms with Crippen LogP contribution in [0.1, 0.15) is 24.0 Å². The van der Waals surface area contributed by atoms with Crippen molar-refractivity contribution >= 4 is 45.7 Å². The number of benzene rings is 3. The lowest BCUT2D eigenvalue weighted by Gasteiger charge is -2.16. The number of hydrogen-bond donors (Lipinski definition) is 2. The van der Waals surface area contributed by atoms with Crippen LogP contribution < -0.4 is 20.4 Å². The molecule has 3 aromatic carbocycles. The highest BCUT2D eigenvalue weighted by molar-refractivity contribution is 9.10. The molecule has 1 aromatic heterocycles. The second kappa shape index (κ2) is 11.6. The van der Waals surface area contributed by atoms with Crippen molar-refractivity contribution in [1.82, 2.24) is 15.0 Å². The van der Waals surface area contributed by atoms with Crippen molar-refractivity contribution in [2.45, 2.75) is 19.4 Å². The number of hydrazone groups is 1. The molecule has 2 heterocycles. The van der Waals surface area contributed by atoms with E-state index in [9.17, 15) is 0 Å². The van der Waals surface area contributed by atoms with Crippen LogP contribution in [0.15, 0.2) is 88.4 Å². The van der Waals surface area contributed by atoms with Crippen molar-refractivity contribution < 1.29 is 4.74 Å². The van der Waals surface area contributed by atoms with Gasteiger partial charge in [-0.2, -0.15) is 20.1 Å². The number of halogens is 1. The minimum atomic E-state index is 0.364. The lowest BCUT2D eigenvalue weighted by Crippen LogP contribution is -2.21. The maximum atomic E-state index is 6.06. The lowest BCUT2D eigenvalue weighted by atomic mass is 10.2. The van der Waals surface area contributed by atoms with E-state index in [0.717, 1.165) is 53.0 Å². The zero-order valence-electron chi connectivity index (χ0n) is 19.6. The number of nitrogens with zero attached hydrogens (tertiary/aromatic N) is 5. The van der Waals surface area contributed by atoms with Gasteiger partial charge in [-0.25, -0.2) is 5.43 Å². The fourth-order valence-electron chi connectivity index (χ4n) is 3.83. The molecule has 0 spiro atoms. The van der Waals surface area contributed by atoms with Crippen LogP contribution in [0.3, 0.4) is 0 Å². The Morgan fingerprint density at radius 2 is 1.61 bits per heavy atom. The highest BCUT2D eigenvalue weighted by atomic mass is 79.9. The molecule has 182 valence electrons. The molecule has 0 saturated carbocycles. The van der Waals surface area contributed by atoms with E-state index >= 15 is 0 Å². The average molecular weight is 544 g/mol. The molecule has 9 heteroatoms. The Labute approximate surface area is 218 Å². The molecule has 0 aliphatic carbocycles. The van der Waals surface area contributed by atoms with Crippen LogP contribution in [-0.4, -0.2) is 34.3 Å². The fourth-order valence-corrected chi connectivity index (χ4v) is 4.21. The van der Waals surface area contributed by atoms with Gasteiger partial charge in [0.25, 0.3) is 0 Å². The minimum absolute atomic E-state index is 0.364. The van der Waals surface area contributed by atoms with E-state index in [4.69, 9.17) is 4.74 Å². The lowest BCUT2D eigenvalue weighted by molar-refractivity contribution is 0.306. The zero-order chi connectivity index (χ0) is 24.6. The number of ether oxygens (including phenoxy) is 1. The standard InChI is InChI=1S/C27H26BrN7O/c28-22-13-14-24(36-19-20-9-3-1-4-10-20)21(17-22)18-29-34-26-31-25(30-23-11-5-2-6-12-23)32-27(33-26)35-15-7-8-16-35/h1-6,9-14,17-18H,7-8,15-16,19H2,(H2,30,31,32,33,34). The molecule has 1 fully saturated rings. The van der Waals surface area contributed by atoms with E-state index in [1.54, 1.807) is 6.21 Å². The van der Waals surface area contributed by atoms with Gasteiger partial charge in [0.05, 0.1) is 6.21 Å². The summed E-state index contributed by atoms with van der Waals surface area (Å²) >= 11 is 3.53. The first-order valence-corrected chi connectivity index (χ1v) is 12.6. The Morgan fingerprint density at radius 3 is 2.39 bits per heavy atom. The third-order valence-corrected chi connectivity index (χ3v) is 6.11. The summed E-state index contributed by atoms with van der Waals surface area (Å²) < 4.78 is 6.99. The smallest absolute Gasteiger partial charge is 0.250 e. The quantitative estimate of drug-likeness (QED) is 0.197. The first kappa shape index (κ1) is 23.7. The molecule has 5 rings (SSSR count). The highest BCUT2D eigenvalue weighted by Crippen LogP contribution is 2.24. The van der Waals surface area contributed by atoms with Crippen LogP contribution in [0.25, 0.3) is 0 Å². The Balaban J connectivity index is 1.34. The third kappa shape index (κ3) is 6.37. The van der Waals surface area contributed by atoms with Gasteiger partial charge in [0.15, 0.2) is 0 Å². The summed E-state index contributed by atoms with van der Waals surface area (Å²) in [5.74, 6) is 2.19. The number of nitrogens with one attached hydrogen (secondary N) is 2. The number of anilines is 4. The molecule has 36 heavy (non-hydrogen) atoms. The second-order valence-corrected chi connectivity index (χ2v) is 9.21. The molecule has 1 aliphatic rings. The first-order valence-electron chi connectivity index (χ1n) is 11.8. The van der Waals surface area contributed by atoms with Crippen LogP contribution in [0, 0.1) is 0 Å². The first-order chi connectivity index (χ1) is 17.7. The summed E-state index contributed by atoms with van der Waals surface area (Å²) in [4.78, 5) is 15.9. The molecule has 8 nitrogen and oxygen atoms in total. The van der Waals surface area contributed by atoms with Gasteiger partial charge >= 0.3 is 0 Å². The molecular weight excluding hydrogens is 518 g/mol. The summed E-state index contributed by atoms with van der Waals surface area (Å²) in [6.45, 7) is 2.33. The minimum Gasteiger partial charge on any atom is -0.488 e. The maximum absolute atomic E-state index is 6.06. The average Bonchev–Trinajstić information content (AvgIpc) is 3.45. The zero-order valence-corrected chi connectivity index (χ0v) is 21.2. The molecule has 4 aromatic rings. The predicted octanol–water partition coefficient (Wildman–Crippen LogP) is 6.00. The molecule has 1 aliphatic heterocycles. The van der Waals surface area contributed by atoms with Gasteiger partial charge in [-0.1, -0.05) is 64.5 Å². The number of hydrogen-bond acceptors (Lipinski definition) is 8. The van der Waals surface area contributed by atoms with Gasteiger partial charge in [0.2, 0.25) is 17.8 Å². The van der Waals surface area contributed by atoms with Crippen molar-refractivity contribution in [2.24, 2.45) is 5.10 Å². The topological polar surface area (TPSA) is 87.6 Å². The van der Waals surface area contributed by atoms with E-state index < -0.39 is 0 Å². The van der Waals surface area contributed by atoms with Crippen molar-refractivity contribution in [3.05, 3.63) is 94.5 Å². The normalized spacial score (nSPS) is 13.2. The predicted molar refractivity (Wildman–Crippen MR) is 147 cm³/mol. The SMILES string of the molecule is Brc1ccc(OCc2ccccc2)c(C=NNc2nc(Nc3ccccc3)nc(N3CCCC3)n2)c1. The van der Waals surface area contributed by atoms with Gasteiger partial charge in [-0.3, -0.25) is 0 Å². The molecular formula is C27H26BrN7O. The van der Waals surface area contributed by atoms with Crippen LogP contribution >= 0.6 is 15.9 Å². The summed E-state index contributed by atoms with van der Waals surface area (Å²) in [5.41, 5.74) is 5.80. The monoisotopic (exact) mass is 543 g/mol. The molecule has 0 unspecified atom stereocenters. The van der Waals surface area contributed by atoms with Crippen molar-refractivity contribution in [3.63, 3.8) is 0 Å². The van der Waals surface area contributed by atoms with E-state index in [1.165, 1.54) is 0 Å². The molecule has 0 atom stereocenters. The second-order valence-electron chi connectivity index (χ2n) is 8.29. The number of aromatic nitrogens is 3. The summed E-state index contributed by atoms with van der Waals surface area (Å²) in [6.07, 6.45) is 3.96. The van der Waals surface area contributed by atoms with Crippen molar-refractivity contribution in [3.8, 4) is 5.75 Å². The van der Waals surface area contributed by atoms with Gasteiger partial charge in [-0.05, 0) is 48.7 Å². The maximum Gasteiger partial charge on any atom is 0.250 e. The van der Waals surface area contributed by atoms with Crippen LogP contribution in [0.2, 0.25) is 0 Å².